The Kier molecular flexibility index (Phi) is 4.89. The summed E-state index contributed by atoms with van der Waals surface area (Å²) in [6, 6.07) is 1.45. The van der Waals surface area contributed by atoms with Crippen LogP contribution in [0, 0.1) is 0 Å². The predicted octanol–water partition coefficient (Wildman–Crippen LogP) is 3.30. The van der Waals surface area contributed by atoms with Gasteiger partial charge < -0.3 is 4.90 Å². The van der Waals surface area contributed by atoms with E-state index in [1.165, 1.54) is 44.9 Å². The molecule has 1 heterocycles. The summed E-state index contributed by atoms with van der Waals surface area (Å²) < 4.78 is 0. The highest BCUT2D eigenvalue weighted by Gasteiger charge is 2.17. The van der Waals surface area contributed by atoms with Gasteiger partial charge in [-0.3, -0.25) is 0 Å². The summed E-state index contributed by atoms with van der Waals surface area (Å²) >= 11 is 0. The number of likely N-dealkylation sites (tertiary alicyclic amines) is 1. The Morgan fingerprint density at radius 3 is 2.43 bits per heavy atom. The van der Waals surface area contributed by atoms with Gasteiger partial charge in [-0.15, -0.1) is 0 Å². The first-order chi connectivity index (χ1) is 6.64. The summed E-state index contributed by atoms with van der Waals surface area (Å²) in [4.78, 5) is 2.63. The van der Waals surface area contributed by atoms with Gasteiger partial charge in [-0.25, -0.2) is 0 Å². The Morgan fingerprint density at radius 2 is 1.86 bits per heavy atom. The first kappa shape index (κ1) is 12.0. The van der Waals surface area contributed by atoms with Crippen molar-refractivity contribution in [1.29, 1.82) is 0 Å². The van der Waals surface area contributed by atoms with Crippen LogP contribution in [0.4, 0.5) is 0 Å². The van der Waals surface area contributed by atoms with Crippen molar-refractivity contribution in [1.82, 2.24) is 4.90 Å². The maximum Gasteiger partial charge on any atom is 0.0713 e. The molecule has 0 amide bonds. The van der Waals surface area contributed by atoms with E-state index in [4.69, 9.17) is 0 Å². The van der Waals surface area contributed by atoms with Crippen LogP contribution in [-0.2, 0) is 0 Å². The van der Waals surface area contributed by atoms with E-state index in [9.17, 15) is 0 Å². The van der Waals surface area contributed by atoms with Gasteiger partial charge in [0.25, 0.3) is 0 Å². The van der Waals surface area contributed by atoms with Gasteiger partial charge in [0.05, 0.1) is 8.07 Å². The second kappa shape index (κ2) is 5.71. The smallest absolute Gasteiger partial charge is 0.0713 e. The molecule has 0 aliphatic carbocycles. The van der Waals surface area contributed by atoms with Crippen molar-refractivity contribution >= 4 is 8.07 Å². The van der Waals surface area contributed by atoms with Crippen LogP contribution < -0.4 is 0 Å². The molecule has 1 aliphatic rings. The fraction of sp³-hybridized carbons (Fsp3) is 0.833. The number of rotatable bonds is 5. The fourth-order valence-electron chi connectivity index (χ4n) is 2.30. The molecular formula is C12H25NSi. The Labute approximate surface area is 90.2 Å². The second-order valence-corrected chi connectivity index (χ2v) is 9.95. The molecule has 1 rings (SSSR count). The quantitative estimate of drug-likeness (QED) is 0.631. The minimum absolute atomic E-state index is 0.982. The van der Waals surface area contributed by atoms with Crippen molar-refractivity contribution < 1.29 is 0 Å². The highest BCUT2D eigenvalue weighted by molar-refractivity contribution is 6.82. The van der Waals surface area contributed by atoms with E-state index < -0.39 is 8.07 Å². The van der Waals surface area contributed by atoms with Gasteiger partial charge in [0.1, 0.15) is 0 Å². The Morgan fingerprint density at radius 1 is 1.21 bits per heavy atom. The summed E-state index contributed by atoms with van der Waals surface area (Å²) in [6.07, 6.45) is 6.50. The van der Waals surface area contributed by atoms with E-state index in [1.807, 2.05) is 0 Å². The SMILES string of the molecule is CC=C[Si](C)(C)CCCN1CCCC1. The van der Waals surface area contributed by atoms with E-state index in [0.717, 1.165) is 0 Å². The van der Waals surface area contributed by atoms with E-state index in [2.05, 4.69) is 36.7 Å². The molecule has 0 radical (unpaired) electrons. The van der Waals surface area contributed by atoms with Gasteiger partial charge in [-0.2, -0.15) is 0 Å². The van der Waals surface area contributed by atoms with E-state index >= 15 is 0 Å². The summed E-state index contributed by atoms with van der Waals surface area (Å²) in [5.41, 5.74) is 2.47. The van der Waals surface area contributed by atoms with Gasteiger partial charge in [-0.1, -0.05) is 30.9 Å². The predicted molar refractivity (Wildman–Crippen MR) is 67.4 cm³/mol. The van der Waals surface area contributed by atoms with Crippen molar-refractivity contribution in [3.8, 4) is 0 Å². The average Bonchev–Trinajstić information content (AvgIpc) is 2.56. The van der Waals surface area contributed by atoms with Crippen molar-refractivity contribution in [3.05, 3.63) is 11.8 Å². The molecule has 0 bridgehead atoms. The van der Waals surface area contributed by atoms with Crippen molar-refractivity contribution in [3.63, 3.8) is 0 Å². The monoisotopic (exact) mass is 211 g/mol. The molecule has 0 unspecified atom stereocenters. The third-order valence-electron chi connectivity index (χ3n) is 3.11. The highest BCUT2D eigenvalue weighted by atomic mass is 28.3. The topological polar surface area (TPSA) is 3.24 Å². The van der Waals surface area contributed by atoms with Gasteiger partial charge in [0.15, 0.2) is 0 Å². The van der Waals surface area contributed by atoms with Crippen LogP contribution in [0.1, 0.15) is 26.2 Å². The lowest BCUT2D eigenvalue weighted by atomic mass is 10.4. The molecule has 1 saturated heterocycles. The lowest BCUT2D eigenvalue weighted by Crippen LogP contribution is -2.26. The molecule has 1 nitrogen and oxygen atoms in total. The van der Waals surface area contributed by atoms with Gasteiger partial charge >= 0.3 is 0 Å². The van der Waals surface area contributed by atoms with Crippen LogP contribution in [-0.4, -0.2) is 32.6 Å². The van der Waals surface area contributed by atoms with E-state index in [-0.39, 0.29) is 0 Å². The average molecular weight is 211 g/mol. The summed E-state index contributed by atoms with van der Waals surface area (Å²) in [5, 5.41) is 0. The molecule has 0 aromatic rings. The minimum atomic E-state index is -0.982. The van der Waals surface area contributed by atoms with Crippen LogP contribution in [0.15, 0.2) is 11.8 Å². The molecule has 82 valence electrons. The molecule has 14 heavy (non-hydrogen) atoms. The Balaban J connectivity index is 2.13. The number of nitrogens with zero attached hydrogens (tertiary/aromatic N) is 1. The Hall–Kier alpha value is -0.0831. The maximum absolute atomic E-state index is 2.63. The molecule has 1 fully saturated rings. The van der Waals surface area contributed by atoms with Gasteiger partial charge in [-0.05, 0) is 45.8 Å². The molecule has 1 aliphatic heterocycles. The zero-order valence-corrected chi connectivity index (χ0v) is 11.1. The van der Waals surface area contributed by atoms with Gasteiger partial charge in [0.2, 0.25) is 0 Å². The Bertz CT molecular complexity index is 181. The van der Waals surface area contributed by atoms with Crippen molar-refractivity contribution in [2.75, 3.05) is 19.6 Å². The lowest BCUT2D eigenvalue weighted by molar-refractivity contribution is 0.339. The number of hydrogen-bond acceptors (Lipinski definition) is 1. The third kappa shape index (κ3) is 4.42. The van der Waals surface area contributed by atoms with Crippen LogP contribution in [0.25, 0.3) is 0 Å². The minimum Gasteiger partial charge on any atom is -0.303 e. The molecule has 0 spiro atoms. The maximum atomic E-state index is 2.63. The standard InChI is InChI=1S/C12H25NSi/c1-4-11-14(2,3)12-7-10-13-8-5-6-9-13/h4,11H,5-10,12H2,1-3H3. The summed E-state index contributed by atoms with van der Waals surface area (Å²) in [6.45, 7) is 11.1. The number of allylic oxidation sites excluding steroid dienone is 1. The molecule has 0 atom stereocenters. The summed E-state index contributed by atoms with van der Waals surface area (Å²) in [7, 11) is -0.982. The first-order valence-electron chi connectivity index (χ1n) is 6.00. The summed E-state index contributed by atoms with van der Waals surface area (Å²) in [5.74, 6) is 0. The molecule has 0 aromatic heterocycles. The zero-order chi connectivity index (χ0) is 10.4. The normalized spacial score (nSPS) is 19.6. The zero-order valence-electron chi connectivity index (χ0n) is 10.1. The van der Waals surface area contributed by atoms with Crippen molar-refractivity contribution in [2.24, 2.45) is 0 Å². The first-order valence-corrected chi connectivity index (χ1v) is 9.29. The van der Waals surface area contributed by atoms with Crippen LogP contribution >= 0.6 is 0 Å². The van der Waals surface area contributed by atoms with E-state index in [0.29, 0.717) is 0 Å². The van der Waals surface area contributed by atoms with E-state index in [1.54, 1.807) is 0 Å². The lowest BCUT2D eigenvalue weighted by Gasteiger charge is -2.20. The van der Waals surface area contributed by atoms with Crippen molar-refractivity contribution in [2.45, 2.75) is 45.3 Å². The van der Waals surface area contributed by atoms with Gasteiger partial charge in [0, 0.05) is 0 Å². The molecule has 2 heteroatoms. The molecule has 0 N–H and O–H groups in total. The largest absolute Gasteiger partial charge is 0.303 e. The highest BCUT2D eigenvalue weighted by Crippen LogP contribution is 2.15. The van der Waals surface area contributed by atoms with Crippen LogP contribution in [0.3, 0.4) is 0 Å². The third-order valence-corrected chi connectivity index (χ3v) is 5.99. The molecule has 0 aromatic carbocycles. The van der Waals surface area contributed by atoms with Crippen LogP contribution in [0.2, 0.25) is 19.1 Å². The number of hydrogen-bond donors (Lipinski definition) is 0. The fourth-order valence-corrected chi connectivity index (χ4v) is 4.44. The molecule has 0 saturated carbocycles. The molecular weight excluding hydrogens is 186 g/mol. The van der Waals surface area contributed by atoms with Crippen LogP contribution in [0.5, 0.6) is 0 Å². The second-order valence-electron chi connectivity index (χ2n) is 5.14.